The number of rotatable bonds is 5. The fraction of sp³-hybridized carbons (Fsp3) is 0.235. The summed E-state index contributed by atoms with van der Waals surface area (Å²) in [7, 11) is 0. The second-order valence-corrected chi connectivity index (χ2v) is 5.51. The second-order valence-electron chi connectivity index (χ2n) is 5.51. The van der Waals surface area contributed by atoms with Crippen LogP contribution in [0, 0.1) is 13.8 Å². The molecule has 0 unspecified atom stereocenters. The number of aromatic nitrogens is 4. The molecule has 1 N–H and O–H groups in total. The average Bonchev–Trinajstić information content (AvgIpc) is 2.92. The molecule has 0 bridgehead atoms. The number of aryl methyl sites for hydroxylation is 2. The number of nitrogens with one attached hydrogen (secondary N) is 1. The molecule has 0 aliphatic rings. The zero-order chi connectivity index (χ0) is 17.1. The molecule has 0 spiro atoms. The fourth-order valence-electron chi connectivity index (χ4n) is 2.37. The Morgan fingerprint density at radius 2 is 1.79 bits per heavy atom. The van der Waals surface area contributed by atoms with Gasteiger partial charge in [0.15, 0.2) is 5.82 Å². The summed E-state index contributed by atoms with van der Waals surface area (Å²) in [6.07, 6.45) is -2.44. The van der Waals surface area contributed by atoms with Crippen LogP contribution >= 0.6 is 0 Å². The molecule has 0 radical (unpaired) electrons. The molecule has 2 heterocycles. The summed E-state index contributed by atoms with van der Waals surface area (Å²) in [6, 6.07) is 11.8. The molecule has 1 aromatic carbocycles. The summed E-state index contributed by atoms with van der Waals surface area (Å²) in [6.45, 7) is 4.36. The lowest BCUT2D eigenvalue weighted by Crippen LogP contribution is -2.06. The monoisotopic (exact) mass is 329 g/mol. The lowest BCUT2D eigenvalue weighted by atomic mass is 10.1. The van der Waals surface area contributed by atoms with Gasteiger partial charge in [-0.15, -0.1) is 10.2 Å². The molecule has 0 fully saturated rings. The van der Waals surface area contributed by atoms with Crippen LogP contribution in [0.4, 0.5) is 14.6 Å². The topological polar surface area (TPSA) is 55.6 Å². The molecule has 5 nitrogen and oxygen atoms in total. The van der Waals surface area contributed by atoms with Gasteiger partial charge >= 0.3 is 0 Å². The Labute approximate surface area is 138 Å². The van der Waals surface area contributed by atoms with Crippen molar-refractivity contribution in [3.63, 3.8) is 0 Å². The maximum atomic E-state index is 12.5. The lowest BCUT2D eigenvalue weighted by molar-refractivity contribution is 0.151. The first kappa shape index (κ1) is 16.0. The normalized spacial score (nSPS) is 11.0. The van der Waals surface area contributed by atoms with Gasteiger partial charge in [0.2, 0.25) is 0 Å². The molecule has 0 aliphatic carbocycles. The number of nitrogens with zero attached hydrogens (tertiary/aromatic N) is 4. The zero-order valence-corrected chi connectivity index (χ0v) is 13.4. The molecule has 0 saturated carbocycles. The van der Waals surface area contributed by atoms with E-state index in [1.165, 1.54) is 12.1 Å². The molecule has 24 heavy (non-hydrogen) atoms. The standard InChI is InChI=1S/C17H17F2N5/c1-11-9-12(2)24(23-11)16-8-7-15(21-22-16)20-10-13-3-5-14(6-4-13)17(18)19/h3-9,17H,10H2,1-2H3,(H,20,21). The highest BCUT2D eigenvalue weighted by Gasteiger charge is 2.07. The van der Waals surface area contributed by atoms with Gasteiger partial charge in [0, 0.05) is 17.8 Å². The first-order chi connectivity index (χ1) is 11.5. The lowest BCUT2D eigenvalue weighted by Gasteiger charge is -2.07. The van der Waals surface area contributed by atoms with Crippen molar-refractivity contribution in [3.8, 4) is 5.82 Å². The van der Waals surface area contributed by atoms with Crippen LogP contribution in [0.5, 0.6) is 0 Å². The van der Waals surface area contributed by atoms with Crippen molar-refractivity contribution < 1.29 is 8.78 Å². The van der Waals surface area contributed by atoms with E-state index in [0.717, 1.165) is 17.0 Å². The molecular weight excluding hydrogens is 312 g/mol. The molecule has 7 heteroatoms. The van der Waals surface area contributed by atoms with E-state index in [1.54, 1.807) is 16.8 Å². The van der Waals surface area contributed by atoms with Crippen LogP contribution in [0.25, 0.3) is 5.82 Å². The maximum Gasteiger partial charge on any atom is 0.263 e. The summed E-state index contributed by atoms with van der Waals surface area (Å²) in [5.41, 5.74) is 2.82. The van der Waals surface area contributed by atoms with E-state index in [-0.39, 0.29) is 5.56 Å². The van der Waals surface area contributed by atoms with E-state index in [9.17, 15) is 8.78 Å². The number of hydrogen-bond donors (Lipinski definition) is 1. The molecule has 3 rings (SSSR count). The summed E-state index contributed by atoms with van der Waals surface area (Å²) in [4.78, 5) is 0. The van der Waals surface area contributed by atoms with Crippen molar-refractivity contribution in [2.24, 2.45) is 0 Å². The Morgan fingerprint density at radius 1 is 1.04 bits per heavy atom. The molecule has 0 aliphatic heterocycles. The zero-order valence-electron chi connectivity index (χ0n) is 13.4. The third-order valence-corrected chi connectivity index (χ3v) is 3.58. The number of hydrogen-bond acceptors (Lipinski definition) is 4. The van der Waals surface area contributed by atoms with Gasteiger partial charge in [0.1, 0.15) is 5.82 Å². The van der Waals surface area contributed by atoms with E-state index >= 15 is 0 Å². The average molecular weight is 329 g/mol. The van der Waals surface area contributed by atoms with Crippen molar-refractivity contribution in [1.82, 2.24) is 20.0 Å². The number of halogens is 2. The smallest absolute Gasteiger partial charge is 0.263 e. The minimum atomic E-state index is -2.44. The Kier molecular flexibility index (Phi) is 4.50. The molecule has 2 aromatic heterocycles. The summed E-state index contributed by atoms with van der Waals surface area (Å²) < 4.78 is 26.8. The van der Waals surface area contributed by atoms with Crippen molar-refractivity contribution in [2.75, 3.05) is 5.32 Å². The second kappa shape index (κ2) is 6.74. The Bertz CT molecular complexity index is 810. The third-order valence-electron chi connectivity index (χ3n) is 3.58. The highest BCUT2D eigenvalue weighted by molar-refractivity contribution is 5.38. The van der Waals surface area contributed by atoms with E-state index in [4.69, 9.17) is 0 Å². The minimum absolute atomic E-state index is 0.0211. The number of alkyl halides is 2. The predicted octanol–water partition coefficient (Wildman–Crippen LogP) is 3.83. The number of anilines is 1. The van der Waals surface area contributed by atoms with Crippen molar-refractivity contribution in [1.29, 1.82) is 0 Å². The van der Waals surface area contributed by atoms with E-state index in [1.807, 2.05) is 32.0 Å². The molecule has 124 valence electrons. The quantitative estimate of drug-likeness (QED) is 0.773. The van der Waals surface area contributed by atoms with Crippen LogP contribution in [-0.2, 0) is 6.54 Å². The van der Waals surface area contributed by atoms with Crippen LogP contribution in [0.3, 0.4) is 0 Å². The van der Waals surface area contributed by atoms with Crippen molar-refractivity contribution >= 4 is 5.82 Å². The molecule has 0 atom stereocenters. The molecule has 0 saturated heterocycles. The highest BCUT2D eigenvalue weighted by atomic mass is 19.3. The van der Waals surface area contributed by atoms with Crippen LogP contribution < -0.4 is 5.32 Å². The van der Waals surface area contributed by atoms with Gasteiger partial charge in [0.25, 0.3) is 6.43 Å². The Morgan fingerprint density at radius 3 is 2.33 bits per heavy atom. The summed E-state index contributed by atoms with van der Waals surface area (Å²) in [5, 5.41) is 15.8. The van der Waals surface area contributed by atoms with E-state index in [0.29, 0.717) is 18.2 Å². The van der Waals surface area contributed by atoms with E-state index in [2.05, 4.69) is 20.6 Å². The van der Waals surface area contributed by atoms with Gasteiger partial charge in [0.05, 0.1) is 5.69 Å². The molecule has 3 aromatic rings. The van der Waals surface area contributed by atoms with Crippen LogP contribution in [0.2, 0.25) is 0 Å². The maximum absolute atomic E-state index is 12.5. The Balaban J connectivity index is 1.65. The molecule has 0 amide bonds. The van der Waals surface area contributed by atoms with Gasteiger partial charge in [-0.1, -0.05) is 24.3 Å². The van der Waals surface area contributed by atoms with Gasteiger partial charge in [-0.2, -0.15) is 5.10 Å². The van der Waals surface area contributed by atoms with Gasteiger partial charge in [-0.05, 0) is 37.6 Å². The highest BCUT2D eigenvalue weighted by Crippen LogP contribution is 2.19. The fourth-order valence-corrected chi connectivity index (χ4v) is 2.37. The third kappa shape index (κ3) is 3.56. The number of benzene rings is 1. The van der Waals surface area contributed by atoms with Gasteiger partial charge < -0.3 is 5.32 Å². The largest absolute Gasteiger partial charge is 0.365 e. The molecular formula is C17H17F2N5. The summed E-state index contributed by atoms with van der Waals surface area (Å²) in [5.74, 6) is 1.26. The first-order valence-corrected chi connectivity index (χ1v) is 7.51. The SMILES string of the molecule is Cc1cc(C)n(-c2ccc(NCc3ccc(C(F)F)cc3)nn2)n1. The predicted molar refractivity (Wildman–Crippen MR) is 87.4 cm³/mol. The summed E-state index contributed by atoms with van der Waals surface area (Å²) >= 11 is 0. The van der Waals surface area contributed by atoms with Crippen LogP contribution in [0.1, 0.15) is 28.9 Å². The van der Waals surface area contributed by atoms with Crippen LogP contribution in [0.15, 0.2) is 42.5 Å². The van der Waals surface area contributed by atoms with E-state index < -0.39 is 6.43 Å². The first-order valence-electron chi connectivity index (χ1n) is 7.51. The minimum Gasteiger partial charge on any atom is -0.365 e. The van der Waals surface area contributed by atoms with Crippen molar-refractivity contribution in [2.45, 2.75) is 26.8 Å². The van der Waals surface area contributed by atoms with Crippen LogP contribution in [-0.4, -0.2) is 20.0 Å². The Hall–Kier alpha value is -2.83. The van der Waals surface area contributed by atoms with Gasteiger partial charge in [-0.25, -0.2) is 13.5 Å². The van der Waals surface area contributed by atoms with Gasteiger partial charge in [-0.3, -0.25) is 0 Å². The van der Waals surface area contributed by atoms with Crippen molar-refractivity contribution in [3.05, 3.63) is 65.0 Å².